The molecule has 0 fully saturated rings. The highest BCUT2D eigenvalue weighted by Gasteiger charge is 2.15. The second-order valence-corrected chi connectivity index (χ2v) is 8.13. The van der Waals surface area contributed by atoms with Gasteiger partial charge in [-0.1, -0.05) is 91.0 Å². The van der Waals surface area contributed by atoms with Gasteiger partial charge in [-0.05, 0) is 47.0 Å². The van der Waals surface area contributed by atoms with E-state index < -0.39 is 0 Å². The van der Waals surface area contributed by atoms with Crippen molar-refractivity contribution in [2.24, 2.45) is 0 Å². The van der Waals surface area contributed by atoms with Gasteiger partial charge in [-0.15, -0.1) is 0 Å². The molecule has 0 aliphatic heterocycles. The normalized spacial score (nSPS) is 11.0. The van der Waals surface area contributed by atoms with E-state index in [1.807, 2.05) is 24.3 Å². The second-order valence-electron chi connectivity index (χ2n) is 8.13. The molecule has 0 bridgehead atoms. The third-order valence-corrected chi connectivity index (χ3v) is 6.26. The lowest BCUT2D eigenvalue weighted by Crippen LogP contribution is -1.97. The fourth-order valence-corrected chi connectivity index (χ4v) is 4.78. The standard InChI is InChI=1S/C31H20N2/c32-21-24-10-1-2-13-25(24)22-11-9-12-23(20-22)26-14-3-6-17-29(26)33-30-18-7-4-15-27(30)28-16-5-8-19-31(28)33/h1-20H. The minimum Gasteiger partial charge on any atom is -0.309 e. The molecule has 0 saturated heterocycles. The average molecular weight is 421 g/mol. The quantitative estimate of drug-likeness (QED) is 0.285. The van der Waals surface area contributed by atoms with Gasteiger partial charge in [0.05, 0.1) is 28.4 Å². The Balaban J connectivity index is 1.61. The van der Waals surface area contributed by atoms with Crippen molar-refractivity contribution in [3.8, 4) is 34.0 Å². The molecule has 2 heteroatoms. The van der Waals surface area contributed by atoms with Gasteiger partial charge in [0.15, 0.2) is 0 Å². The molecule has 154 valence electrons. The lowest BCUT2D eigenvalue weighted by Gasteiger charge is -2.15. The molecule has 0 aliphatic carbocycles. The summed E-state index contributed by atoms with van der Waals surface area (Å²) >= 11 is 0. The zero-order valence-corrected chi connectivity index (χ0v) is 17.9. The van der Waals surface area contributed by atoms with Crippen LogP contribution < -0.4 is 0 Å². The van der Waals surface area contributed by atoms with E-state index in [-0.39, 0.29) is 0 Å². The van der Waals surface area contributed by atoms with Crippen molar-refractivity contribution in [1.82, 2.24) is 4.57 Å². The predicted octanol–water partition coefficient (Wildman–Crippen LogP) is 7.99. The van der Waals surface area contributed by atoms with Crippen molar-refractivity contribution in [1.29, 1.82) is 5.26 Å². The highest BCUT2D eigenvalue weighted by molar-refractivity contribution is 6.09. The third kappa shape index (κ3) is 3.11. The molecule has 2 nitrogen and oxygen atoms in total. The van der Waals surface area contributed by atoms with E-state index in [1.165, 1.54) is 21.8 Å². The zero-order valence-electron chi connectivity index (χ0n) is 17.9. The summed E-state index contributed by atoms with van der Waals surface area (Å²) in [6.45, 7) is 0. The largest absolute Gasteiger partial charge is 0.309 e. The van der Waals surface area contributed by atoms with E-state index in [0.29, 0.717) is 5.56 Å². The summed E-state index contributed by atoms with van der Waals surface area (Å²) in [7, 11) is 0. The molecule has 0 spiro atoms. The first kappa shape index (κ1) is 19.1. The summed E-state index contributed by atoms with van der Waals surface area (Å²) in [4.78, 5) is 0. The Labute approximate surface area is 192 Å². The van der Waals surface area contributed by atoms with Gasteiger partial charge in [0.25, 0.3) is 0 Å². The van der Waals surface area contributed by atoms with Gasteiger partial charge in [-0.3, -0.25) is 0 Å². The Morgan fingerprint density at radius 2 is 1.06 bits per heavy atom. The molecule has 0 saturated carbocycles. The lowest BCUT2D eigenvalue weighted by molar-refractivity contribution is 1.18. The number of aromatic nitrogens is 1. The molecule has 0 radical (unpaired) electrons. The Bertz CT molecular complexity index is 1630. The van der Waals surface area contributed by atoms with Crippen molar-refractivity contribution in [2.75, 3.05) is 0 Å². The molecule has 1 aromatic heterocycles. The van der Waals surface area contributed by atoms with Crippen molar-refractivity contribution in [2.45, 2.75) is 0 Å². The predicted molar refractivity (Wildman–Crippen MR) is 136 cm³/mol. The second kappa shape index (κ2) is 7.82. The van der Waals surface area contributed by atoms with Crippen LogP contribution in [0.25, 0.3) is 49.7 Å². The minimum atomic E-state index is 0.685. The molecule has 0 N–H and O–H groups in total. The zero-order chi connectivity index (χ0) is 22.2. The molecule has 0 atom stereocenters. The molecular formula is C31H20N2. The first-order valence-electron chi connectivity index (χ1n) is 11.0. The van der Waals surface area contributed by atoms with Crippen molar-refractivity contribution >= 4 is 21.8 Å². The SMILES string of the molecule is N#Cc1ccccc1-c1cccc(-c2ccccc2-n2c3ccccc3c3ccccc32)c1. The Morgan fingerprint density at radius 1 is 0.515 bits per heavy atom. The topological polar surface area (TPSA) is 28.7 Å². The number of hydrogen-bond donors (Lipinski definition) is 0. The van der Waals surface area contributed by atoms with Gasteiger partial charge < -0.3 is 4.57 Å². The minimum absolute atomic E-state index is 0.685. The van der Waals surface area contributed by atoms with Crippen LogP contribution in [0.5, 0.6) is 0 Å². The molecule has 5 aromatic carbocycles. The monoisotopic (exact) mass is 420 g/mol. The van der Waals surface area contributed by atoms with Crippen LogP contribution in [0.1, 0.15) is 5.56 Å². The first-order chi connectivity index (χ1) is 16.3. The van der Waals surface area contributed by atoms with Gasteiger partial charge in [0.1, 0.15) is 0 Å². The van der Waals surface area contributed by atoms with E-state index in [0.717, 1.165) is 27.9 Å². The number of fused-ring (bicyclic) bond motifs is 3. The van der Waals surface area contributed by atoms with Crippen LogP contribution in [-0.4, -0.2) is 4.57 Å². The summed E-state index contributed by atoms with van der Waals surface area (Å²) < 4.78 is 2.36. The number of hydrogen-bond acceptors (Lipinski definition) is 1. The molecule has 0 amide bonds. The van der Waals surface area contributed by atoms with Crippen LogP contribution in [-0.2, 0) is 0 Å². The van der Waals surface area contributed by atoms with E-state index in [2.05, 4.69) is 108 Å². The summed E-state index contributed by atoms with van der Waals surface area (Å²) in [5.41, 5.74) is 8.48. The lowest BCUT2D eigenvalue weighted by atomic mass is 9.95. The van der Waals surface area contributed by atoms with Crippen molar-refractivity contribution in [3.05, 3.63) is 127 Å². The van der Waals surface area contributed by atoms with E-state index in [4.69, 9.17) is 0 Å². The van der Waals surface area contributed by atoms with Crippen molar-refractivity contribution < 1.29 is 0 Å². The Kier molecular flexibility index (Phi) is 4.53. The Hall–Kier alpha value is -4.61. The average Bonchev–Trinajstić information content (AvgIpc) is 3.23. The molecule has 6 aromatic rings. The molecular weight excluding hydrogens is 400 g/mol. The smallest absolute Gasteiger partial charge is 0.0998 e. The third-order valence-electron chi connectivity index (χ3n) is 6.26. The fraction of sp³-hybridized carbons (Fsp3) is 0. The maximum atomic E-state index is 9.58. The molecule has 1 heterocycles. The number of benzene rings is 5. The summed E-state index contributed by atoms with van der Waals surface area (Å²) in [6.07, 6.45) is 0. The molecule has 6 rings (SSSR count). The maximum Gasteiger partial charge on any atom is 0.0998 e. The molecule has 0 unspecified atom stereocenters. The number of para-hydroxylation sites is 3. The van der Waals surface area contributed by atoms with Gasteiger partial charge in [0.2, 0.25) is 0 Å². The highest BCUT2D eigenvalue weighted by Crippen LogP contribution is 2.37. The van der Waals surface area contributed by atoms with Crippen LogP contribution in [0, 0.1) is 11.3 Å². The van der Waals surface area contributed by atoms with E-state index in [9.17, 15) is 5.26 Å². The highest BCUT2D eigenvalue weighted by atomic mass is 15.0. The summed E-state index contributed by atoms with van der Waals surface area (Å²) in [6, 6.07) is 44.2. The van der Waals surface area contributed by atoms with Crippen LogP contribution >= 0.6 is 0 Å². The number of rotatable bonds is 3. The van der Waals surface area contributed by atoms with Gasteiger partial charge >= 0.3 is 0 Å². The van der Waals surface area contributed by atoms with E-state index in [1.54, 1.807) is 0 Å². The van der Waals surface area contributed by atoms with Crippen LogP contribution in [0.4, 0.5) is 0 Å². The molecule has 33 heavy (non-hydrogen) atoms. The Morgan fingerprint density at radius 3 is 1.76 bits per heavy atom. The number of nitriles is 1. The molecule has 0 aliphatic rings. The van der Waals surface area contributed by atoms with Crippen molar-refractivity contribution in [3.63, 3.8) is 0 Å². The van der Waals surface area contributed by atoms with E-state index >= 15 is 0 Å². The van der Waals surface area contributed by atoms with Gasteiger partial charge in [-0.25, -0.2) is 0 Å². The van der Waals surface area contributed by atoms with Crippen LogP contribution in [0.2, 0.25) is 0 Å². The first-order valence-corrected chi connectivity index (χ1v) is 11.0. The summed E-state index contributed by atoms with van der Waals surface area (Å²) in [5, 5.41) is 12.1. The maximum absolute atomic E-state index is 9.58. The van der Waals surface area contributed by atoms with Gasteiger partial charge in [-0.2, -0.15) is 5.26 Å². The summed E-state index contributed by atoms with van der Waals surface area (Å²) in [5.74, 6) is 0. The van der Waals surface area contributed by atoms with Gasteiger partial charge in [0, 0.05) is 16.3 Å². The van der Waals surface area contributed by atoms with Crippen LogP contribution in [0.3, 0.4) is 0 Å². The fourth-order valence-electron chi connectivity index (χ4n) is 4.78. The number of nitrogens with zero attached hydrogens (tertiary/aromatic N) is 2. The van der Waals surface area contributed by atoms with Crippen LogP contribution in [0.15, 0.2) is 121 Å².